The number of primary amides is 1. The molecule has 39 nitrogen and oxygen atoms in total. The molecule has 14 amide bonds. The average Bonchev–Trinajstić information content (AvgIpc) is 0.856. The van der Waals surface area contributed by atoms with Gasteiger partial charge >= 0.3 is 11.9 Å². The van der Waals surface area contributed by atoms with Gasteiger partial charge in [0.25, 0.3) is 0 Å². The number of nitrogens with one attached hydrogen (secondary N) is 13. The van der Waals surface area contributed by atoms with Crippen LogP contribution in [0, 0.1) is 0 Å². The summed E-state index contributed by atoms with van der Waals surface area (Å²) < 4.78 is 0. The summed E-state index contributed by atoms with van der Waals surface area (Å²) >= 11 is 1.90. The Hall–Kier alpha value is -8.06. The molecular formula is C80H151N21O18S2. The van der Waals surface area contributed by atoms with Crippen molar-refractivity contribution in [1.82, 2.24) is 69.1 Å². The number of nitrogens with two attached hydrogens (primary N) is 8. The second-order valence-electron chi connectivity index (χ2n) is 30.4. The maximum atomic E-state index is 14.9. The van der Waals surface area contributed by atoms with Crippen molar-refractivity contribution in [3.05, 3.63) is 0 Å². The fraction of sp³-hybridized carbons (Fsp3) is 0.800. The number of carboxylic acid groups (broad SMARTS) is 2. The number of hydrogen-bond acceptors (Lipinski definition) is 25. The van der Waals surface area contributed by atoms with Gasteiger partial charge in [0.2, 0.25) is 82.7 Å². The fourth-order valence-corrected chi connectivity index (χ4v) is 14.5. The smallest absolute Gasteiger partial charge is 0.305 e. The summed E-state index contributed by atoms with van der Waals surface area (Å²) in [4.78, 5) is 220. The van der Waals surface area contributed by atoms with Crippen LogP contribution >= 0.6 is 23.5 Å². The molecule has 31 N–H and O–H groups in total. The highest BCUT2D eigenvalue weighted by molar-refractivity contribution is 8.00. The minimum atomic E-state index is -2.06. The molecule has 0 saturated carbocycles. The number of rotatable bonds is 78. The Balaban J connectivity index is 7.39. The van der Waals surface area contributed by atoms with E-state index in [0.29, 0.717) is 83.8 Å². The lowest BCUT2D eigenvalue weighted by atomic mass is 10.0. The second kappa shape index (κ2) is 72.4. The number of hydrogen-bond donors (Lipinski definition) is 23. The number of unbranched alkanes of at least 4 members (excludes halogenated alkanes) is 19. The van der Waals surface area contributed by atoms with Crippen LogP contribution in [0.4, 0.5) is 0 Å². The summed E-state index contributed by atoms with van der Waals surface area (Å²) in [5.74, 6) is -16.2. The van der Waals surface area contributed by atoms with Crippen LogP contribution < -0.4 is 115 Å². The van der Waals surface area contributed by atoms with E-state index < -0.39 is 174 Å². The number of carbonyl (C=O) groups excluding carboxylic acids is 14. The average molecular weight is 1760 g/mol. The van der Waals surface area contributed by atoms with Gasteiger partial charge in [-0.2, -0.15) is 0 Å². The fourth-order valence-electron chi connectivity index (χ4n) is 12.7. The molecule has 0 spiro atoms. The number of carboxylic acids is 2. The lowest BCUT2D eigenvalue weighted by Gasteiger charge is -2.28. The van der Waals surface area contributed by atoms with Gasteiger partial charge in [-0.15, -0.1) is 23.5 Å². The van der Waals surface area contributed by atoms with E-state index in [4.69, 9.17) is 45.9 Å². The van der Waals surface area contributed by atoms with Gasteiger partial charge in [0, 0.05) is 31.5 Å². The minimum Gasteiger partial charge on any atom is -0.481 e. The zero-order chi connectivity index (χ0) is 90.6. The van der Waals surface area contributed by atoms with Crippen LogP contribution in [0.2, 0.25) is 0 Å². The summed E-state index contributed by atoms with van der Waals surface area (Å²) in [6.45, 7) is 7.67. The highest BCUT2D eigenvalue weighted by Crippen LogP contribution is 2.16. The van der Waals surface area contributed by atoms with Crippen LogP contribution in [0.25, 0.3) is 0 Å². The van der Waals surface area contributed by atoms with Crippen LogP contribution in [0.1, 0.15) is 258 Å². The first-order chi connectivity index (χ1) is 58.0. The summed E-state index contributed by atoms with van der Waals surface area (Å²) in [5, 5.41) is 54.2. The predicted octanol–water partition coefficient (Wildman–Crippen LogP) is -1.12. The monoisotopic (exact) mass is 1760 g/mol. The highest BCUT2D eigenvalue weighted by Gasteiger charge is 2.38. The third-order valence-corrected chi connectivity index (χ3v) is 21.7. The summed E-state index contributed by atoms with van der Waals surface area (Å²) in [6, 6.07) is -16.8. The standard InChI is InChI=1S/C80H151N21O18S2/c1-4-6-8-10-11-12-13-14-15-31-47-90-66(103)52-120-50-64(70(88)109)100-76(115)60(37-21-28-44-86)97-78(117)62(48-68(105)106)98-75(114)59(36-20-27-43-85)96-79(118)63(49-69(107)108)99-80(119)65(51-121-53-67(104)89-46-30-9-7-5-2)101-77(116)61(38-22-29-45-87)95-74(113)58(35-19-26-42-84)94-73(112)57(34-18-25-41-83)93-72(111)56(33-17-24-40-82)92-71(110)55(91-54(3)102)32-16-23-39-81/h55-65H,4-53,81-87H2,1-3H3,(H2,88,109)(H,89,104)(H,90,103)(H,91,102)(H,92,110)(H,93,111)(H,94,112)(H,95,113)(H,96,118)(H,97,117)(H,98,114)(H,99,119)(H,100,115)(H,101,116)(H,105,106)(H,107,108)/t55-,56-,57-,58-,59-,60-,61-,62-,63-,64-,65-/m0/s1. The third-order valence-electron chi connectivity index (χ3n) is 19.7. The first kappa shape index (κ1) is 113. The Morgan fingerprint density at radius 2 is 0.471 bits per heavy atom. The molecule has 0 fully saturated rings. The molecule has 0 aromatic rings. The molecule has 0 aliphatic rings. The molecule has 0 rings (SSSR count). The molecule has 0 aliphatic heterocycles. The number of amides is 14. The lowest BCUT2D eigenvalue weighted by Crippen LogP contribution is -2.61. The Morgan fingerprint density at radius 3 is 0.719 bits per heavy atom. The van der Waals surface area contributed by atoms with Crippen molar-refractivity contribution in [2.24, 2.45) is 45.9 Å². The van der Waals surface area contributed by atoms with Gasteiger partial charge in [-0.3, -0.25) is 76.7 Å². The maximum Gasteiger partial charge on any atom is 0.305 e. The molecule has 0 aliphatic carbocycles. The van der Waals surface area contributed by atoms with Gasteiger partial charge in [0.15, 0.2) is 0 Å². The second-order valence-corrected chi connectivity index (χ2v) is 32.5. The number of carbonyl (C=O) groups is 16. The van der Waals surface area contributed by atoms with Crippen molar-refractivity contribution in [3.8, 4) is 0 Å². The van der Waals surface area contributed by atoms with Gasteiger partial charge in [-0.05, 0) is 193 Å². The van der Waals surface area contributed by atoms with Crippen molar-refractivity contribution in [3.63, 3.8) is 0 Å². The molecule has 0 aromatic carbocycles. The van der Waals surface area contributed by atoms with Crippen LogP contribution in [0.15, 0.2) is 0 Å². The van der Waals surface area contributed by atoms with Crippen LogP contribution in [-0.4, -0.2) is 253 Å². The Kier molecular flexibility index (Phi) is 67.6. The van der Waals surface area contributed by atoms with Crippen molar-refractivity contribution in [2.75, 3.05) is 81.9 Å². The molecule has 0 aromatic heterocycles. The molecule has 0 heterocycles. The van der Waals surface area contributed by atoms with E-state index in [-0.39, 0.29) is 139 Å². The Bertz CT molecular complexity index is 3050. The molecule has 696 valence electrons. The van der Waals surface area contributed by atoms with Crippen LogP contribution in [0.3, 0.4) is 0 Å². The molecule has 41 heteroatoms. The zero-order valence-electron chi connectivity index (χ0n) is 72.1. The lowest BCUT2D eigenvalue weighted by molar-refractivity contribution is -0.142. The largest absolute Gasteiger partial charge is 0.481 e. The molecule has 11 atom stereocenters. The normalized spacial score (nSPS) is 13.9. The third kappa shape index (κ3) is 56.4. The topological polar surface area (TPSA) is 678 Å². The van der Waals surface area contributed by atoms with E-state index in [0.717, 1.165) is 68.5 Å². The number of thioether (sulfide) groups is 2. The van der Waals surface area contributed by atoms with Crippen molar-refractivity contribution in [2.45, 2.75) is 325 Å². The van der Waals surface area contributed by atoms with Gasteiger partial charge in [0.05, 0.1) is 24.3 Å². The van der Waals surface area contributed by atoms with Crippen molar-refractivity contribution >= 4 is 118 Å². The molecule has 0 bridgehead atoms. The molecule has 0 saturated heterocycles. The van der Waals surface area contributed by atoms with Gasteiger partial charge < -0.3 is 125 Å². The van der Waals surface area contributed by atoms with Gasteiger partial charge in [0.1, 0.15) is 66.5 Å². The highest BCUT2D eigenvalue weighted by atomic mass is 32.2. The molecular weight excluding hydrogens is 1610 g/mol. The van der Waals surface area contributed by atoms with E-state index in [1.807, 2.05) is 6.92 Å². The quantitative estimate of drug-likeness (QED) is 0.0321. The molecule has 121 heavy (non-hydrogen) atoms. The number of aliphatic carboxylic acids is 2. The van der Waals surface area contributed by atoms with Gasteiger partial charge in [-0.1, -0.05) is 90.9 Å². The Labute approximate surface area is 723 Å². The summed E-state index contributed by atoms with van der Waals surface area (Å²) in [5.41, 5.74) is 46.4. The van der Waals surface area contributed by atoms with E-state index in [9.17, 15) is 86.9 Å². The van der Waals surface area contributed by atoms with Crippen molar-refractivity contribution < 1.29 is 86.9 Å². The van der Waals surface area contributed by atoms with Crippen LogP contribution in [0.5, 0.6) is 0 Å². The van der Waals surface area contributed by atoms with Crippen molar-refractivity contribution in [1.29, 1.82) is 0 Å². The van der Waals surface area contributed by atoms with E-state index in [2.05, 4.69) is 76.0 Å². The van der Waals surface area contributed by atoms with Crippen LogP contribution in [-0.2, 0) is 76.7 Å². The minimum absolute atomic E-state index is 0.0142. The van der Waals surface area contributed by atoms with E-state index in [1.54, 1.807) is 0 Å². The maximum absolute atomic E-state index is 14.9. The Morgan fingerprint density at radius 1 is 0.264 bits per heavy atom. The first-order valence-electron chi connectivity index (χ1n) is 43.6. The van der Waals surface area contributed by atoms with E-state index in [1.165, 1.54) is 45.4 Å². The summed E-state index contributed by atoms with van der Waals surface area (Å²) in [6.07, 6.45) is 16.9. The summed E-state index contributed by atoms with van der Waals surface area (Å²) in [7, 11) is 0. The molecule has 0 radical (unpaired) electrons. The zero-order valence-corrected chi connectivity index (χ0v) is 73.7. The first-order valence-corrected chi connectivity index (χ1v) is 46.0. The predicted molar refractivity (Wildman–Crippen MR) is 468 cm³/mol. The van der Waals surface area contributed by atoms with Gasteiger partial charge in [-0.25, -0.2) is 0 Å². The van der Waals surface area contributed by atoms with E-state index >= 15 is 0 Å². The molecule has 0 unspecified atom stereocenters. The SMILES string of the molecule is CCCCCCCCCCCCNC(=O)CSC[C@H](NC(=O)[C@H](CCCCN)NC(=O)[C@H](CC(=O)O)NC(=O)[C@H](CCCCN)NC(=O)[C@H](CC(=O)O)NC(=O)[C@H](CSCC(=O)NCCCCCC)NC(=O)[C@H](CCCCN)NC(=O)[C@H](CCCCN)NC(=O)[C@H](CCCCN)NC(=O)[C@H](CCCCN)NC(=O)[C@H](CCCCN)NC(C)=O)C(N)=O.